The highest BCUT2D eigenvalue weighted by molar-refractivity contribution is 7.25. The molecule has 6 heteroatoms. The van der Waals surface area contributed by atoms with E-state index >= 15 is 0 Å². The van der Waals surface area contributed by atoms with Crippen LogP contribution in [0.3, 0.4) is 0 Å². The minimum Gasteiger partial charge on any atom is -0.456 e. The van der Waals surface area contributed by atoms with Gasteiger partial charge in [-0.05, 0) is 69.4 Å². The second-order valence-electron chi connectivity index (χ2n) is 15.9. The van der Waals surface area contributed by atoms with E-state index in [0.29, 0.717) is 17.5 Å². The number of rotatable bonds is 4. The number of para-hydroxylation sites is 1. The third-order valence-electron chi connectivity index (χ3n) is 12.6. The summed E-state index contributed by atoms with van der Waals surface area (Å²) in [4.78, 5) is 15.7. The lowest BCUT2D eigenvalue weighted by atomic mass is 9.91. The Morgan fingerprint density at radius 1 is 0.361 bits per heavy atom. The van der Waals surface area contributed by atoms with E-state index in [0.717, 1.165) is 55.3 Å². The van der Waals surface area contributed by atoms with Crippen LogP contribution in [0, 0.1) is 0 Å². The maximum atomic E-state index is 6.78. The van der Waals surface area contributed by atoms with Gasteiger partial charge in [0.2, 0.25) is 0 Å². The van der Waals surface area contributed by atoms with Crippen molar-refractivity contribution in [3.63, 3.8) is 0 Å². The molecule has 0 amide bonds. The van der Waals surface area contributed by atoms with Gasteiger partial charge in [0.05, 0.1) is 22.1 Å². The van der Waals surface area contributed by atoms with Crippen molar-refractivity contribution >= 4 is 108 Å². The van der Waals surface area contributed by atoms with Crippen molar-refractivity contribution in [2.45, 2.75) is 0 Å². The molecule has 0 saturated heterocycles. The molecule has 0 fully saturated rings. The molecule has 0 aliphatic heterocycles. The van der Waals surface area contributed by atoms with Crippen molar-refractivity contribution in [1.29, 1.82) is 0 Å². The lowest BCUT2D eigenvalue weighted by Crippen LogP contribution is -2.01. The van der Waals surface area contributed by atoms with Gasteiger partial charge in [0.25, 0.3) is 0 Å². The maximum Gasteiger partial charge on any atom is 0.164 e. The molecule has 61 heavy (non-hydrogen) atoms. The molecule has 0 saturated carbocycles. The van der Waals surface area contributed by atoms with E-state index in [1.54, 1.807) is 11.3 Å². The molecular formula is C55H30N4OS. The second-order valence-corrected chi connectivity index (χ2v) is 17.0. The minimum absolute atomic E-state index is 0.577. The average Bonchev–Trinajstić information content (AvgIpc) is 4.00. The number of nitrogens with zero attached hydrogens (tertiary/aromatic N) is 4. The molecule has 10 aromatic carbocycles. The first-order valence-electron chi connectivity index (χ1n) is 20.5. The van der Waals surface area contributed by atoms with Gasteiger partial charge >= 0.3 is 0 Å². The summed E-state index contributed by atoms with van der Waals surface area (Å²) < 4.78 is 11.7. The molecule has 14 aromatic rings. The van der Waals surface area contributed by atoms with Gasteiger partial charge in [-0.1, -0.05) is 140 Å². The Labute approximate surface area is 351 Å². The van der Waals surface area contributed by atoms with Gasteiger partial charge in [-0.15, -0.1) is 11.3 Å². The summed E-state index contributed by atoms with van der Waals surface area (Å²) in [6.07, 6.45) is 0. The fourth-order valence-corrected chi connectivity index (χ4v) is 11.1. The Morgan fingerprint density at radius 3 is 1.89 bits per heavy atom. The SMILES string of the molecule is c1ccc(-c2nc(-c3cc(-n4c5cccc6c7ccccc7c7c8ccccc8cc4c7c65)c4c(c3)oc3ccccc34)nc(-c3ccc4c(c3)sc3ccccc34)n2)cc1. The Balaban J connectivity index is 1.10. The van der Waals surface area contributed by atoms with Crippen LogP contribution in [0.2, 0.25) is 0 Å². The zero-order valence-electron chi connectivity index (χ0n) is 32.4. The highest BCUT2D eigenvalue weighted by atomic mass is 32.1. The third kappa shape index (κ3) is 4.68. The number of hydrogen-bond donors (Lipinski definition) is 0. The summed E-state index contributed by atoms with van der Waals surface area (Å²) in [5.74, 6) is 1.81. The normalized spacial score (nSPS) is 12.3. The van der Waals surface area contributed by atoms with E-state index < -0.39 is 0 Å². The molecule has 0 atom stereocenters. The molecule has 4 aromatic heterocycles. The zero-order chi connectivity index (χ0) is 39.8. The van der Waals surface area contributed by atoms with Gasteiger partial charge in [0, 0.05) is 58.4 Å². The Hall–Kier alpha value is -7.93. The van der Waals surface area contributed by atoms with Crippen molar-refractivity contribution in [3.05, 3.63) is 182 Å². The lowest BCUT2D eigenvalue weighted by molar-refractivity contribution is 0.669. The van der Waals surface area contributed by atoms with E-state index in [1.807, 2.05) is 24.3 Å². The molecule has 0 radical (unpaired) electrons. The molecule has 0 spiro atoms. The number of thiophene rings is 1. The quantitative estimate of drug-likeness (QED) is 0.167. The average molecular weight is 795 g/mol. The predicted molar refractivity (Wildman–Crippen MR) is 254 cm³/mol. The van der Waals surface area contributed by atoms with Crippen LogP contribution in [-0.2, 0) is 0 Å². The first kappa shape index (κ1) is 33.0. The van der Waals surface area contributed by atoms with Crippen molar-refractivity contribution in [3.8, 4) is 39.9 Å². The zero-order valence-corrected chi connectivity index (χ0v) is 33.2. The smallest absolute Gasteiger partial charge is 0.164 e. The number of fused-ring (bicyclic) bond motifs is 11. The first-order valence-corrected chi connectivity index (χ1v) is 21.3. The number of furan rings is 1. The van der Waals surface area contributed by atoms with Crippen LogP contribution in [-0.4, -0.2) is 19.5 Å². The fraction of sp³-hybridized carbons (Fsp3) is 0. The van der Waals surface area contributed by atoms with Crippen LogP contribution >= 0.6 is 11.3 Å². The molecule has 4 heterocycles. The fourth-order valence-electron chi connectivity index (χ4n) is 9.93. The van der Waals surface area contributed by atoms with Crippen molar-refractivity contribution in [2.24, 2.45) is 0 Å². The van der Waals surface area contributed by atoms with Gasteiger partial charge in [0.15, 0.2) is 17.5 Å². The minimum atomic E-state index is 0.577. The number of benzene rings is 10. The molecule has 14 rings (SSSR count). The summed E-state index contributed by atoms with van der Waals surface area (Å²) in [5, 5.41) is 14.6. The Bertz CT molecular complexity index is 4120. The third-order valence-corrected chi connectivity index (χ3v) is 13.7. The van der Waals surface area contributed by atoms with E-state index in [-0.39, 0.29) is 0 Å². The molecule has 0 unspecified atom stereocenters. The number of aromatic nitrogens is 4. The van der Waals surface area contributed by atoms with Crippen molar-refractivity contribution < 1.29 is 4.42 Å². The lowest BCUT2D eigenvalue weighted by Gasteiger charge is -2.14. The van der Waals surface area contributed by atoms with E-state index in [1.165, 1.54) is 63.3 Å². The van der Waals surface area contributed by atoms with E-state index in [4.69, 9.17) is 19.4 Å². The van der Waals surface area contributed by atoms with Crippen molar-refractivity contribution in [1.82, 2.24) is 19.5 Å². The second kappa shape index (κ2) is 12.3. The monoisotopic (exact) mass is 794 g/mol. The summed E-state index contributed by atoms with van der Waals surface area (Å²) in [7, 11) is 0. The van der Waals surface area contributed by atoms with E-state index in [2.05, 4.69) is 162 Å². The van der Waals surface area contributed by atoms with Crippen LogP contribution in [0.15, 0.2) is 186 Å². The molecule has 0 aliphatic carbocycles. The molecule has 5 nitrogen and oxygen atoms in total. The summed E-state index contributed by atoms with van der Waals surface area (Å²) >= 11 is 1.79. The Kier molecular flexibility index (Phi) is 6.65. The molecular weight excluding hydrogens is 765 g/mol. The van der Waals surface area contributed by atoms with Gasteiger partial charge in [-0.2, -0.15) is 0 Å². The largest absolute Gasteiger partial charge is 0.456 e. The van der Waals surface area contributed by atoms with Crippen LogP contribution in [0.4, 0.5) is 0 Å². The molecule has 282 valence electrons. The topological polar surface area (TPSA) is 56.7 Å². The van der Waals surface area contributed by atoms with Gasteiger partial charge < -0.3 is 8.98 Å². The highest BCUT2D eigenvalue weighted by Crippen LogP contribution is 2.48. The maximum absolute atomic E-state index is 6.78. The summed E-state index contributed by atoms with van der Waals surface area (Å²) in [6, 6.07) is 64.8. The van der Waals surface area contributed by atoms with Crippen LogP contribution in [0.25, 0.3) is 136 Å². The number of hydrogen-bond acceptors (Lipinski definition) is 5. The standard InChI is InChI=1S/C55H30N4OS/c1-2-13-31(14-3-1)53-56-54(33-25-26-38-37-18-9-11-24-47(37)61-48(38)30-33)58-55(57-53)34-28-43(50-41-20-8-10-23-45(41)60-46(50)29-34)59-42-22-12-21-40-36-17-6-7-19-39(36)49-35-16-5-4-15-32(35)27-44(59)52(49)51(40)42/h1-30H. The van der Waals surface area contributed by atoms with Crippen LogP contribution < -0.4 is 0 Å². The predicted octanol–water partition coefficient (Wildman–Crippen LogP) is 15.1. The van der Waals surface area contributed by atoms with Gasteiger partial charge in [-0.3, -0.25) is 0 Å². The first-order chi connectivity index (χ1) is 30.2. The molecule has 0 aliphatic rings. The highest BCUT2D eigenvalue weighted by Gasteiger charge is 2.25. The molecule has 0 bridgehead atoms. The summed E-state index contributed by atoms with van der Waals surface area (Å²) in [6.45, 7) is 0. The summed E-state index contributed by atoms with van der Waals surface area (Å²) in [5.41, 5.74) is 7.61. The van der Waals surface area contributed by atoms with Crippen molar-refractivity contribution in [2.75, 3.05) is 0 Å². The molecule has 0 N–H and O–H groups in total. The van der Waals surface area contributed by atoms with Gasteiger partial charge in [0.1, 0.15) is 11.2 Å². The van der Waals surface area contributed by atoms with Gasteiger partial charge in [-0.25, -0.2) is 15.0 Å². The van der Waals surface area contributed by atoms with Crippen LogP contribution in [0.5, 0.6) is 0 Å². The van der Waals surface area contributed by atoms with E-state index in [9.17, 15) is 0 Å². The Morgan fingerprint density at radius 2 is 1.02 bits per heavy atom. The van der Waals surface area contributed by atoms with Crippen LogP contribution in [0.1, 0.15) is 0 Å².